The van der Waals surface area contributed by atoms with Gasteiger partial charge in [-0.25, -0.2) is 0 Å². The van der Waals surface area contributed by atoms with Crippen LogP contribution < -0.4 is 11.3 Å². The molecule has 0 spiro atoms. The Hall–Kier alpha value is -0.120. The molecule has 2 fully saturated rings. The van der Waals surface area contributed by atoms with Crippen molar-refractivity contribution in [1.82, 2.24) is 5.43 Å². The molecule has 0 amide bonds. The number of nitrogens with one attached hydrogen (secondary N) is 1. The second-order valence-corrected chi connectivity index (χ2v) is 6.79. The van der Waals surface area contributed by atoms with Crippen LogP contribution in [0.25, 0.3) is 0 Å². The minimum Gasteiger partial charge on any atom is -0.374 e. The van der Waals surface area contributed by atoms with E-state index in [0.29, 0.717) is 12.0 Å². The molecular weight excluding hydrogens is 224 g/mol. The molecule has 2 aliphatic rings. The molecule has 3 nitrogen and oxygen atoms in total. The lowest BCUT2D eigenvalue weighted by molar-refractivity contribution is -0.106. The summed E-state index contributed by atoms with van der Waals surface area (Å²) in [6, 6.07) is 0.313. The molecule has 5 unspecified atom stereocenters. The second-order valence-electron chi connectivity index (χ2n) is 6.79. The molecule has 0 aromatic carbocycles. The number of rotatable bonds is 3. The van der Waals surface area contributed by atoms with E-state index in [2.05, 4.69) is 26.2 Å². The molecule has 0 bridgehead atoms. The van der Waals surface area contributed by atoms with Gasteiger partial charge in [0.15, 0.2) is 0 Å². The van der Waals surface area contributed by atoms with E-state index in [9.17, 15) is 0 Å². The first-order valence-corrected chi connectivity index (χ1v) is 7.67. The van der Waals surface area contributed by atoms with E-state index in [1.165, 1.54) is 32.1 Å². The molecule has 0 aromatic heterocycles. The summed E-state index contributed by atoms with van der Waals surface area (Å²) in [7, 11) is 0. The lowest BCUT2D eigenvalue weighted by atomic mass is 9.69. The number of hydrazine groups is 1. The van der Waals surface area contributed by atoms with Crippen LogP contribution in [0, 0.1) is 17.8 Å². The van der Waals surface area contributed by atoms with Gasteiger partial charge < -0.3 is 4.74 Å². The summed E-state index contributed by atoms with van der Waals surface area (Å²) < 4.78 is 6.09. The van der Waals surface area contributed by atoms with Crippen LogP contribution in [0.4, 0.5) is 0 Å². The minimum atomic E-state index is -0.0576. The third kappa shape index (κ3) is 2.89. The zero-order chi connectivity index (χ0) is 13.2. The molecule has 1 heterocycles. The third-order valence-electron chi connectivity index (χ3n) is 5.45. The Labute approximate surface area is 112 Å². The van der Waals surface area contributed by atoms with Crippen molar-refractivity contribution >= 4 is 0 Å². The summed E-state index contributed by atoms with van der Waals surface area (Å²) in [5.74, 6) is 8.21. The molecule has 106 valence electrons. The van der Waals surface area contributed by atoms with E-state index in [1.807, 2.05) is 0 Å². The van der Waals surface area contributed by atoms with Crippen LogP contribution in [0.2, 0.25) is 0 Å². The van der Waals surface area contributed by atoms with Crippen molar-refractivity contribution in [3.05, 3.63) is 0 Å². The summed E-state index contributed by atoms with van der Waals surface area (Å²) in [6.07, 6.45) is 7.52. The first-order chi connectivity index (χ1) is 8.57. The van der Waals surface area contributed by atoms with Gasteiger partial charge in [0, 0.05) is 6.61 Å². The summed E-state index contributed by atoms with van der Waals surface area (Å²) in [5, 5.41) is 0. The van der Waals surface area contributed by atoms with E-state index >= 15 is 0 Å². The Balaban J connectivity index is 2.03. The van der Waals surface area contributed by atoms with Gasteiger partial charge in [-0.15, -0.1) is 0 Å². The highest BCUT2D eigenvalue weighted by atomic mass is 16.5. The van der Waals surface area contributed by atoms with Crippen molar-refractivity contribution in [2.24, 2.45) is 23.6 Å². The van der Waals surface area contributed by atoms with Crippen LogP contribution in [-0.4, -0.2) is 18.2 Å². The van der Waals surface area contributed by atoms with Gasteiger partial charge in [-0.2, -0.15) is 0 Å². The van der Waals surface area contributed by atoms with Crippen molar-refractivity contribution in [3.63, 3.8) is 0 Å². The Kier molecular flexibility index (Phi) is 4.68. The molecule has 1 saturated carbocycles. The molecule has 1 saturated heterocycles. The van der Waals surface area contributed by atoms with E-state index in [0.717, 1.165) is 24.9 Å². The van der Waals surface area contributed by atoms with Crippen LogP contribution in [-0.2, 0) is 4.74 Å². The fraction of sp³-hybridized carbons (Fsp3) is 1.00. The highest BCUT2D eigenvalue weighted by Crippen LogP contribution is 2.40. The Morgan fingerprint density at radius 1 is 1.22 bits per heavy atom. The fourth-order valence-corrected chi connectivity index (χ4v) is 3.90. The largest absolute Gasteiger partial charge is 0.374 e. The zero-order valence-corrected chi connectivity index (χ0v) is 12.2. The molecule has 0 radical (unpaired) electrons. The summed E-state index contributed by atoms with van der Waals surface area (Å²) in [5.41, 5.74) is 3.03. The third-order valence-corrected chi connectivity index (χ3v) is 5.45. The quantitative estimate of drug-likeness (QED) is 0.601. The van der Waals surface area contributed by atoms with Crippen molar-refractivity contribution in [1.29, 1.82) is 0 Å². The Morgan fingerprint density at radius 3 is 2.56 bits per heavy atom. The van der Waals surface area contributed by atoms with Gasteiger partial charge in [0.05, 0.1) is 11.6 Å². The smallest absolute Gasteiger partial charge is 0.0822 e. The number of ether oxygens (including phenoxy) is 1. The monoisotopic (exact) mass is 254 g/mol. The van der Waals surface area contributed by atoms with Gasteiger partial charge in [-0.3, -0.25) is 11.3 Å². The SMILES string of the molecule is CC1CCC(C(NN)C2(C)CCCCO2)CC1C. The van der Waals surface area contributed by atoms with Crippen LogP contribution in [0.5, 0.6) is 0 Å². The molecule has 5 atom stereocenters. The van der Waals surface area contributed by atoms with Gasteiger partial charge in [-0.1, -0.05) is 20.3 Å². The highest BCUT2D eigenvalue weighted by Gasteiger charge is 2.42. The number of hydrogen-bond acceptors (Lipinski definition) is 3. The molecule has 3 heteroatoms. The van der Waals surface area contributed by atoms with Gasteiger partial charge in [-0.05, 0) is 56.8 Å². The van der Waals surface area contributed by atoms with Crippen molar-refractivity contribution < 1.29 is 4.74 Å². The maximum Gasteiger partial charge on any atom is 0.0822 e. The van der Waals surface area contributed by atoms with Gasteiger partial charge in [0.2, 0.25) is 0 Å². The molecule has 1 aliphatic heterocycles. The van der Waals surface area contributed by atoms with Crippen LogP contribution in [0.3, 0.4) is 0 Å². The molecule has 0 aromatic rings. The predicted molar refractivity (Wildman–Crippen MR) is 75.0 cm³/mol. The summed E-state index contributed by atoms with van der Waals surface area (Å²) >= 11 is 0. The minimum absolute atomic E-state index is 0.0576. The van der Waals surface area contributed by atoms with Gasteiger partial charge >= 0.3 is 0 Å². The zero-order valence-electron chi connectivity index (χ0n) is 12.2. The molecule has 3 N–H and O–H groups in total. The topological polar surface area (TPSA) is 47.3 Å². The first-order valence-electron chi connectivity index (χ1n) is 7.67. The van der Waals surface area contributed by atoms with Crippen LogP contribution in [0.1, 0.15) is 59.3 Å². The average molecular weight is 254 g/mol. The molecule has 18 heavy (non-hydrogen) atoms. The van der Waals surface area contributed by atoms with Crippen LogP contribution in [0.15, 0.2) is 0 Å². The average Bonchev–Trinajstić information content (AvgIpc) is 2.35. The highest BCUT2D eigenvalue weighted by molar-refractivity contribution is 4.96. The maximum atomic E-state index is 6.09. The van der Waals surface area contributed by atoms with Crippen LogP contribution >= 0.6 is 0 Å². The summed E-state index contributed by atoms with van der Waals surface area (Å²) in [4.78, 5) is 0. The van der Waals surface area contributed by atoms with Gasteiger partial charge in [0.25, 0.3) is 0 Å². The first kappa shape index (κ1) is 14.3. The lowest BCUT2D eigenvalue weighted by Gasteiger charge is -2.46. The lowest BCUT2D eigenvalue weighted by Crippen LogP contribution is -2.58. The second kappa shape index (κ2) is 5.89. The molecular formula is C15H30N2O. The maximum absolute atomic E-state index is 6.09. The Bertz CT molecular complexity index is 263. The van der Waals surface area contributed by atoms with Crippen molar-refractivity contribution in [3.8, 4) is 0 Å². The number of nitrogens with two attached hydrogens (primary N) is 1. The predicted octanol–water partition coefficient (Wildman–Crippen LogP) is 2.85. The van der Waals surface area contributed by atoms with Crippen molar-refractivity contribution in [2.75, 3.05) is 6.61 Å². The Morgan fingerprint density at radius 2 is 2.00 bits per heavy atom. The standard InChI is InChI=1S/C15H30N2O/c1-11-6-7-13(10-12(11)2)14(17-16)15(3)8-4-5-9-18-15/h11-14,17H,4-10,16H2,1-3H3. The summed E-state index contributed by atoms with van der Waals surface area (Å²) in [6.45, 7) is 7.91. The molecule has 1 aliphatic carbocycles. The van der Waals surface area contributed by atoms with Crippen molar-refractivity contribution in [2.45, 2.75) is 70.9 Å². The number of hydrogen-bond donors (Lipinski definition) is 2. The van der Waals surface area contributed by atoms with E-state index in [-0.39, 0.29) is 5.60 Å². The van der Waals surface area contributed by atoms with E-state index in [4.69, 9.17) is 10.6 Å². The van der Waals surface area contributed by atoms with Gasteiger partial charge in [0.1, 0.15) is 0 Å². The fourth-order valence-electron chi connectivity index (χ4n) is 3.90. The normalized spacial score (nSPS) is 43.7. The van der Waals surface area contributed by atoms with E-state index in [1.54, 1.807) is 0 Å². The molecule has 2 rings (SSSR count). The van der Waals surface area contributed by atoms with E-state index < -0.39 is 0 Å².